The fourth-order valence-corrected chi connectivity index (χ4v) is 4.88. The summed E-state index contributed by atoms with van der Waals surface area (Å²) >= 11 is 0.909. The van der Waals surface area contributed by atoms with Gasteiger partial charge in [-0.1, -0.05) is 0 Å². The molecule has 0 aromatic heterocycles. The first-order valence-corrected chi connectivity index (χ1v) is 9.82. The van der Waals surface area contributed by atoms with Gasteiger partial charge in [0.25, 0.3) is 5.70 Å². The third-order valence-electron chi connectivity index (χ3n) is 5.20. The fraction of sp³-hybridized carbons (Fsp3) is 0.588. The fourth-order valence-electron chi connectivity index (χ4n) is 3.73. The van der Waals surface area contributed by atoms with Gasteiger partial charge < -0.3 is 19.5 Å². The van der Waals surface area contributed by atoms with Crippen LogP contribution in [-0.2, 0) is 9.47 Å². The Morgan fingerprint density at radius 3 is 2.66 bits per heavy atom. The van der Waals surface area contributed by atoms with Gasteiger partial charge in [0, 0.05) is 49.6 Å². The number of fused-ring (bicyclic) bond motifs is 1. The number of halogens is 3. The Morgan fingerprint density at radius 2 is 2.10 bits per heavy atom. The largest absolute Gasteiger partial charge is 0.493 e. The number of alkyl halides is 3. The van der Waals surface area contributed by atoms with E-state index in [1.165, 1.54) is 0 Å². The van der Waals surface area contributed by atoms with Gasteiger partial charge in [-0.05, 0) is 18.7 Å². The maximum atomic E-state index is 13.1. The third kappa shape index (κ3) is 3.76. The predicted octanol–water partition coefficient (Wildman–Crippen LogP) is 3.47. The minimum absolute atomic E-state index is 0.00198. The van der Waals surface area contributed by atoms with E-state index in [-0.39, 0.29) is 16.6 Å². The monoisotopic (exact) mass is 433 g/mol. The third-order valence-corrected chi connectivity index (χ3v) is 6.40. The zero-order valence-electron chi connectivity index (χ0n) is 15.4. The van der Waals surface area contributed by atoms with Gasteiger partial charge in [0.15, 0.2) is 11.0 Å². The van der Waals surface area contributed by atoms with E-state index in [9.17, 15) is 28.4 Å². The van der Waals surface area contributed by atoms with Crippen molar-refractivity contribution in [2.24, 2.45) is 4.99 Å². The summed E-state index contributed by atoms with van der Waals surface area (Å²) in [6.45, 7) is 3.39. The molecule has 0 radical (unpaired) electrons. The van der Waals surface area contributed by atoms with Crippen LogP contribution in [0.15, 0.2) is 38.7 Å². The van der Waals surface area contributed by atoms with Crippen LogP contribution in [0.4, 0.5) is 13.2 Å². The summed E-state index contributed by atoms with van der Waals surface area (Å²) in [5.41, 5.74) is -1.95. The standard InChI is InChI=1S/C17H18F3N3O5S/c1-9-8-27-16(28-9)2-4-22(5-3-16)15-21-14(24)11-6-10(17(18,19)20)7-12(23(25)26)13(11)29-15/h7,9,24H,2-6,8H2,1H3/t9-/m0/s1. The molecule has 1 aliphatic carbocycles. The Morgan fingerprint density at radius 1 is 1.41 bits per heavy atom. The number of aliphatic hydroxyl groups is 1. The lowest BCUT2D eigenvalue weighted by Crippen LogP contribution is -2.47. The van der Waals surface area contributed by atoms with E-state index >= 15 is 0 Å². The Labute approximate surface area is 167 Å². The summed E-state index contributed by atoms with van der Waals surface area (Å²) in [6, 6.07) is 0. The summed E-state index contributed by atoms with van der Waals surface area (Å²) in [5, 5.41) is 22.0. The summed E-state index contributed by atoms with van der Waals surface area (Å²) < 4.78 is 51.0. The molecule has 4 aliphatic rings. The number of likely N-dealkylation sites (tertiary alicyclic amines) is 1. The number of allylic oxidation sites excluding steroid dienone is 3. The first-order chi connectivity index (χ1) is 13.6. The van der Waals surface area contributed by atoms with Crippen LogP contribution >= 0.6 is 11.8 Å². The van der Waals surface area contributed by atoms with Gasteiger partial charge in [0.1, 0.15) is 4.91 Å². The van der Waals surface area contributed by atoms with Crippen molar-refractivity contribution in [3.8, 4) is 0 Å². The number of ether oxygens (including phenoxy) is 2. The zero-order chi connectivity index (χ0) is 21.0. The lowest BCUT2D eigenvalue weighted by atomic mass is 9.97. The number of amidine groups is 1. The molecule has 0 aromatic rings. The second kappa shape index (κ2) is 7.03. The number of rotatable bonds is 1. The first kappa shape index (κ1) is 20.2. The molecule has 8 nitrogen and oxygen atoms in total. The van der Waals surface area contributed by atoms with Crippen molar-refractivity contribution in [2.45, 2.75) is 44.3 Å². The molecule has 1 spiro atoms. The molecule has 0 aromatic carbocycles. The van der Waals surface area contributed by atoms with Gasteiger partial charge in [0.05, 0.1) is 17.6 Å². The van der Waals surface area contributed by atoms with Crippen molar-refractivity contribution in [1.29, 1.82) is 0 Å². The van der Waals surface area contributed by atoms with E-state index in [4.69, 9.17) is 9.47 Å². The SMILES string of the molecule is C[C@H]1COC2(CCN(C3=NC(O)=C4CC(C(F)(F)F)=CC([N+](=O)[O-])=C4S3)CC2)O1. The molecule has 2 saturated heterocycles. The lowest BCUT2D eigenvalue weighted by molar-refractivity contribution is -0.419. The van der Waals surface area contributed by atoms with E-state index in [2.05, 4.69) is 4.99 Å². The molecule has 3 aliphatic heterocycles. The van der Waals surface area contributed by atoms with Crippen LogP contribution in [-0.4, -0.2) is 57.9 Å². The van der Waals surface area contributed by atoms with Gasteiger partial charge >= 0.3 is 6.18 Å². The molecule has 0 saturated carbocycles. The van der Waals surface area contributed by atoms with Crippen LogP contribution in [0.25, 0.3) is 0 Å². The molecule has 3 heterocycles. The van der Waals surface area contributed by atoms with Gasteiger partial charge in [-0.2, -0.15) is 18.2 Å². The quantitative estimate of drug-likeness (QED) is 0.500. The molecule has 0 unspecified atom stereocenters. The summed E-state index contributed by atoms with van der Waals surface area (Å²) in [5.74, 6) is -1.27. The minimum atomic E-state index is -4.73. The molecule has 29 heavy (non-hydrogen) atoms. The predicted molar refractivity (Wildman–Crippen MR) is 97.5 cm³/mol. The Balaban J connectivity index is 1.59. The van der Waals surface area contributed by atoms with Crippen molar-refractivity contribution >= 4 is 16.9 Å². The number of aliphatic hydroxyl groups excluding tert-OH is 1. The number of nitrogens with zero attached hydrogens (tertiary/aromatic N) is 3. The zero-order valence-corrected chi connectivity index (χ0v) is 16.2. The highest BCUT2D eigenvalue weighted by atomic mass is 32.2. The van der Waals surface area contributed by atoms with Crippen molar-refractivity contribution in [2.75, 3.05) is 19.7 Å². The van der Waals surface area contributed by atoms with E-state index in [1.54, 1.807) is 0 Å². The molecule has 1 atom stereocenters. The average Bonchev–Trinajstić information content (AvgIpc) is 3.00. The maximum Gasteiger partial charge on any atom is 0.413 e. The second-order valence-electron chi connectivity index (χ2n) is 7.25. The minimum Gasteiger partial charge on any atom is -0.493 e. The van der Waals surface area contributed by atoms with Gasteiger partial charge in [-0.3, -0.25) is 10.1 Å². The topological polar surface area (TPSA) is 97.4 Å². The van der Waals surface area contributed by atoms with E-state index in [0.717, 1.165) is 11.8 Å². The normalized spacial score (nSPS) is 27.2. The van der Waals surface area contributed by atoms with Crippen molar-refractivity contribution in [3.63, 3.8) is 0 Å². The second-order valence-corrected chi connectivity index (χ2v) is 8.23. The smallest absolute Gasteiger partial charge is 0.413 e. The Kier molecular flexibility index (Phi) is 4.90. The van der Waals surface area contributed by atoms with Crippen molar-refractivity contribution in [1.82, 2.24) is 4.90 Å². The number of aliphatic imine (C=N–C) groups is 1. The van der Waals surface area contributed by atoms with Crippen molar-refractivity contribution in [3.05, 3.63) is 43.8 Å². The van der Waals surface area contributed by atoms with Gasteiger partial charge in [-0.25, -0.2) is 0 Å². The number of hydrogen-bond donors (Lipinski definition) is 1. The average molecular weight is 433 g/mol. The van der Waals surface area contributed by atoms with Crippen LogP contribution in [0.3, 0.4) is 0 Å². The van der Waals surface area contributed by atoms with Crippen molar-refractivity contribution < 1.29 is 32.7 Å². The first-order valence-electron chi connectivity index (χ1n) is 9.00. The van der Waals surface area contributed by atoms with Crippen LogP contribution < -0.4 is 0 Å². The highest BCUT2D eigenvalue weighted by molar-refractivity contribution is 8.17. The summed E-state index contributed by atoms with van der Waals surface area (Å²) in [6.07, 6.45) is -3.75. The molecular weight excluding hydrogens is 415 g/mol. The molecule has 1 N–H and O–H groups in total. The molecule has 0 amide bonds. The molecule has 2 fully saturated rings. The number of hydrogen-bond acceptors (Lipinski definition) is 8. The number of thioether (sulfide) groups is 1. The highest BCUT2D eigenvalue weighted by Crippen LogP contribution is 2.46. The molecule has 12 heteroatoms. The molecule has 0 bridgehead atoms. The Bertz CT molecular complexity index is 872. The van der Waals surface area contributed by atoms with E-state index in [1.807, 2.05) is 11.8 Å². The van der Waals surface area contributed by atoms with Crippen LogP contribution in [0.1, 0.15) is 26.2 Å². The highest BCUT2D eigenvalue weighted by Gasteiger charge is 2.45. The van der Waals surface area contributed by atoms with Crippen LogP contribution in [0.5, 0.6) is 0 Å². The van der Waals surface area contributed by atoms with E-state index in [0.29, 0.717) is 43.8 Å². The van der Waals surface area contributed by atoms with E-state index < -0.39 is 40.5 Å². The molecule has 4 rings (SSSR count). The molecular formula is C17H18F3N3O5S. The maximum absolute atomic E-state index is 13.1. The Hall–Kier alpha value is -2.05. The van der Waals surface area contributed by atoms with Crippen LogP contribution in [0.2, 0.25) is 0 Å². The van der Waals surface area contributed by atoms with Crippen LogP contribution in [0, 0.1) is 10.1 Å². The number of piperidine rings is 1. The lowest BCUT2D eigenvalue weighted by Gasteiger charge is -2.39. The summed E-state index contributed by atoms with van der Waals surface area (Å²) in [4.78, 5) is 16.4. The van der Waals surface area contributed by atoms with Gasteiger partial charge in [0.2, 0.25) is 5.88 Å². The van der Waals surface area contributed by atoms with Gasteiger partial charge in [-0.15, -0.1) is 0 Å². The summed E-state index contributed by atoms with van der Waals surface area (Å²) in [7, 11) is 0. The number of nitro groups is 1. The molecule has 158 valence electrons.